The van der Waals surface area contributed by atoms with Crippen molar-refractivity contribution < 1.29 is 33.8 Å². The topological polar surface area (TPSA) is 110 Å². The second kappa shape index (κ2) is 14.1. The third-order valence-electron chi connectivity index (χ3n) is 9.04. The number of allylic oxidation sites excluding steroid dienone is 1. The number of aryl methyl sites for hydroxylation is 1. The Morgan fingerprint density at radius 1 is 1.15 bits per heavy atom. The number of hydrogen-bond donors (Lipinski definition) is 1. The average molecular weight is 568 g/mol. The summed E-state index contributed by atoms with van der Waals surface area (Å²) in [4.78, 5) is 54.2. The minimum atomic E-state index is -1.16. The maximum absolute atomic E-state index is 14.0. The van der Waals surface area contributed by atoms with E-state index in [9.17, 15) is 24.3 Å². The molecule has 1 amide bonds. The summed E-state index contributed by atoms with van der Waals surface area (Å²) in [5.41, 5.74) is -0.0517. The van der Waals surface area contributed by atoms with Crippen molar-refractivity contribution in [2.45, 2.75) is 103 Å². The van der Waals surface area contributed by atoms with Crippen LogP contribution in [0.2, 0.25) is 0 Å². The summed E-state index contributed by atoms with van der Waals surface area (Å²) in [7, 11) is 0. The number of esters is 1. The Morgan fingerprint density at radius 2 is 1.90 bits per heavy atom. The monoisotopic (exact) mass is 567 g/mol. The molecule has 0 aromatic heterocycles. The third-order valence-corrected chi connectivity index (χ3v) is 9.04. The molecule has 224 valence electrons. The molecule has 8 heteroatoms. The van der Waals surface area contributed by atoms with Crippen LogP contribution in [0.5, 0.6) is 5.75 Å². The van der Waals surface area contributed by atoms with Crippen LogP contribution in [-0.4, -0.2) is 58.9 Å². The van der Waals surface area contributed by atoms with Gasteiger partial charge in [-0.05, 0) is 49.7 Å². The number of cyclic esters (lactones) is 1. The fraction of sp³-hybridized carbons (Fsp3) is 0.636. The van der Waals surface area contributed by atoms with E-state index in [-0.39, 0.29) is 49.4 Å². The van der Waals surface area contributed by atoms with Crippen LogP contribution >= 0.6 is 0 Å². The van der Waals surface area contributed by atoms with Crippen molar-refractivity contribution in [2.24, 2.45) is 17.3 Å². The molecule has 1 aromatic rings. The number of aliphatic carboxylic acids is 1. The fourth-order valence-corrected chi connectivity index (χ4v) is 6.42. The first-order valence-corrected chi connectivity index (χ1v) is 15.4. The Labute approximate surface area is 243 Å². The molecule has 1 saturated carbocycles. The van der Waals surface area contributed by atoms with E-state index in [2.05, 4.69) is 12.6 Å². The largest absolute Gasteiger partial charge is 0.488 e. The molecule has 0 spiro atoms. The molecular weight excluding hydrogens is 522 g/mol. The zero-order valence-corrected chi connectivity index (χ0v) is 24.4. The average Bonchev–Trinajstić information content (AvgIpc) is 3.52. The van der Waals surface area contributed by atoms with E-state index in [4.69, 9.17) is 9.47 Å². The Morgan fingerprint density at radius 3 is 2.63 bits per heavy atom. The lowest BCUT2D eigenvalue weighted by Crippen LogP contribution is -2.45. The lowest BCUT2D eigenvalue weighted by Gasteiger charge is -2.28. The fourth-order valence-electron chi connectivity index (χ4n) is 6.42. The number of ether oxygens (including phenoxy) is 2. The van der Waals surface area contributed by atoms with Crippen LogP contribution in [0.4, 0.5) is 0 Å². The van der Waals surface area contributed by atoms with Crippen LogP contribution in [0.15, 0.2) is 36.9 Å². The Balaban J connectivity index is 1.61. The van der Waals surface area contributed by atoms with E-state index >= 15 is 0 Å². The Bertz CT molecular complexity index is 1120. The predicted octanol–water partition coefficient (Wildman–Crippen LogP) is 5.52. The van der Waals surface area contributed by atoms with Gasteiger partial charge in [0.05, 0.1) is 31.0 Å². The van der Waals surface area contributed by atoms with E-state index in [0.717, 1.165) is 62.7 Å². The van der Waals surface area contributed by atoms with E-state index in [1.54, 1.807) is 11.0 Å². The zero-order valence-electron chi connectivity index (χ0n) is 24.4. The first-order valence-electron chi connectivity index (χ1n) is 15.4. The lowest BCUT2D eigenvalue weighted by molar-refractivity contribution is -0.151. The number of Topliss-reactive ketones (excluding diaryl/α,β-unsaturated/α-hetero) is 1. The minimum absolute atomic E-state index is 0.0256. The molecule has 2 heterocycles. The van der Waals surface area contributed by atoms with Gasteiger partial charge in [-0.25, -0.2) is 0 Å². The summed E-state index contributed by atoms with van der Waals surface area (Å²) < 4.78 is 12.0. The van der Waals surface area contributed by atoms with Crippen LogP contribution < -0.4 is 4.74 Å². The second-order valence-electron chi connectivity index (χ2n) is 12.0. The van der Waals surface area contributed by atoms with Crippen LogP contribution in [-0.2, 0) is 30.3 Å². The highest BCUT2D eigenvalue weighted by atomic mass is 16.5. The van der Waals surface area contributed by atoms with Gasteiger partial charge in [-0.3, -0.25) is 19.2 Å². The smallest absolute Gasteiger partial charge is 0.310 e. The molecule has 1 saturated heterocycles. The maximum atomic E-state index is 14.0. The maximum Gasteiger partial charge on any atom is 0.310 e. The standard InChI is InChI=1S/C33H45NO7/c1-3-5-13-24-18-30(36)40-17-12-8-6-7-9-14-23-15-10-11-16-29(23)41-26-19-27(34(22-26)31(24)37)28(35)21-33(32(38)39)20-25(33)4-2/h4,10-11,15-16,24-27H,2-3,5-9,12-14,17-22H2,1H3,(H,38,39)/t24-,25-,26-,27+,33-/m1/s1. The number of nitrogens with zero attached hydrogens (tertiary/aromatic N) is 1. The van der Waals surface area contributed by atoms with Crippen molar-refractivity contribution in [1.29, 1.82) is 0 Å². The summed E-state index contributed by atoms with van der Waals surface area (Å²) in [6, 6.07) is 7.12. The highest BCUT2D eigenvalue weighted by Gasteiger charge is 2.60. The highest BCUT2D eigenvalue weighted by Crippen LogP contribution is 2.56. The molecule has 4 rings (SSSR count). The Hall–Kier alpha value is -3.16. The van der Waals surface area contributed by atoms with E-state index < -0.39 is 29.4 Å². The van der Waals surface area contributed by atoms with Gasteiger partial charge in [0.15, 0.2) is 5.78 Å². The molecule has 41 heavy (non-hydrogen) atoms. The molecule has 0 radical (unpaired) electrons. The van der Waals surface area contributed by atoms with Crippen molar-refractivity contribution in [3.8, 4) is 5.75 Å². The molecule has 2 aliphatic heterocycles. The van der Waals surface area contributed by atoms with Crippen LogP contribution in [0.1, 0.15) is 89.5 Å². The first kappa shape index (κ1) is 30.8. The Kier molecular flexibility index (Phi) is 10.6. The van der Waals surface area contributed by atoms with E-state index in [0.29, 0.717) is 19.4 Å². The summed E-state index contributed by atoms with van der Waals surface area (Å²) in [5.74, 6) is -2.01. The van der Waals surface area contributed by atoms with Gasteiger partial charge in [0.2, 0.25) is 5.91 Å². The summed E-state index contributed by atoms with van der Waals surface area (Å²) in [5, 5.41) is 9.92. The van der Waals surface area contributed by atoms with Crippen LogP contribution in [0, 0.1) is 17.3 Å². The number of unbranched alkanes of at least 4 members (excludes halogenated alkanes) is 1. The van der Waals surface area contributed by atoms with E-state index in [1.807, 2.05) is 25.1 Å². The lowest BCUT2D eigenvalue weighted by atomic mass is 9.91. The molecule has 1 aromatic carbocycles. The molecular formula is C33H45NO7. The van der Waals surface area contributed by atoms with Crippen LogP contribution in [0.3, 0.4) is 0 Å². The molecule has 5 atom stereocenters. The first-order chi connectivity index (χ1) is 19.8. The molecule has 0 unspecified atom stereocenters. The van der Waals surface area contributed by atoms with Gasteiger partial charge >= 0.3 is 11.9 Å². The number of rotatable bonds is 8. The number of para-hydroxylation sites is 1. The second-order valence-corrected chi connectivity index (χ2v) is 12.0. The van der Waals surface area contributed by atoms with Gasteiger partial charge < -0.3 is 19.5 Å². The highest BCUT2D eigenvalue weighted by molar-refractivity contribution is 5.95. The van der Waals surface area contributed by atoms with Crippen molar-refractivity contribution in [3.63, 3.8) is 0 Å². The van der Waals surface area contributed by atoms with Crippen molar-refractivity contribution in [1.82, 2.24) is 4.90 Å². The van der Waals surface area contributed by atoms with Crippen molar-refractivity contribution >= 4 is 23.6 Å². The summed E-state index contributed by atoms with van der Waals surface area (Å²) in [6.07, 6.45) is 9.61. The number of carbonyl (C=O) groups is 4. The number of fused-ring (bicyclic) bond motifs is 3. The minimum Gasteiger partial charge on any atom is -0.488 e. The molecule has 2 fully saturated rings. The van der Waals surface area contributed by atoms with Gasteiger partial charge in [-0.15, -0.1) is 6.58 Å². The summed E-state index contributed by atoms with van der Waals surface area (Å²) in [6.45, 7) is 6.33. The van der Waals surface area contributed by atoms with Gasteiger partial charge in [-0.2, -0.15) is 0 Å². The number of benzene rings is 1. The zero-order chi connectivity index (χ0) is 29.4. The van der Waals surface area contributed by atoms with Crippen molar-refractivity contribution in [2.75, 3.05) is 13.2 Å². The van der Waals surface area contributed by atoms with Gasteiger partial charge in [-0.1, -0.05) is 63.3 Å². The van der Waals surface area contributed by atoms with Crippen LogP contribution in [0.25, 0.3) is 0 Å². The summed E-state index contributed by atoms with van der Waals surface area (Å²) >= 11 is 0. The normalized spacial score (nSPS) is 29.3. The number of hydrogen-bond acceptors (Lipinski definition) is 6. The third kappa shape index (κ3) is 7.57. The quantitative estimate of drug-likeness (QED) is 0.325. The molecule has 1 N–H and O–H groups in total. The molecule has 2 bridgehead atoms. The molecule has 8 nitrogen and oxygen atoms in total. The van der Waals surface area contributed by atoms with Gasteiger partial charge in [0.1, 0.15) is 11.9 Å². The molecule has 3 aliphatic rings. The predicted molar refractivity (Wildman–Crippen MR) is 154 cm³/mol. The van der Waals surface area contributed by atoms with Crippen molar-refractivity contribution in [3.05, 3.63) is 42.5 Å². The van der Waals surface area contributed by atoms with Gasteiger partial charge in [0.25, 0.3) is 0 Å². The number of ketones is 1. The number of carboxylic acid groups (broad SMARTS) is 1. The number of amides is 1. The molecule has 1 aliphatic carbocycles. The van der Waals surface area contributed by atoms with Gasteiger partial charge in [0, 0.05) is 18.8 Å². The number of carboxylic acids is 1. The number of carbonyl (C=O) groups excluding carboxylic acids is 3. The SMILES string of the molecule is C=C[C@@H]1C[C@]1(CC(=O)[C@@H]1C[C@@H]2CN1C(=O)[C@H](CCCC)CC(=O)OCCCCCCCc1ccccc1O2)C(=O)O. The van der Waals surface area contributed by atoms with E-state index in [1.165, 1.54) is 0 Å².